The van der Waals surface area contributed by atoms with Gasteiger partial charge in [0.1, 0.15) is 0 Å². The SMILES string of the molecule is CNCCC(c1cccc(Cl)c1)n1ccc2ccccc21. The Morgan fingerprint density at radius 3 is 2.76 bits per heavy atom. The van der Waals surface area contributed by atoms with Crippen LogP contribution in [0.5, 0.6) is 0 Å². The van der Waals surface area contributed by atoms with Gasteiger partial charge in [-0.3, -0.25) is 0 Å². The Bertz CT molecular complexity index is 733. The molecule has 108 valence electrons. The normalized spacial score (nSPS) is 12.7. The zero-order valence-electron chi connectivity index (χ0n) is 12.1. The smallest absolute Gasteiger partial charge is 0.0598 e. The zero-order valence-corrected chi connectivity index (χ0v) is 12.8. The van der Waals surface area contributed by atoms with Crippen LogP contribution < -0.4 is 5.32 Å². The van der Waals surface area contributed by atoms with Crippen LogP contribution >= 0.6 is 11.6 Å². The average molecular weight is 299 g/mol. The standard InChI is InChI=1S/C18H19ClN2/c1-20-11-9-18(15-6-4-7-16(19)13-15)21-12-10-14-5-2-3-8-17(14)21/h2-8,10,12-13,18,20H,9,11H2,1H3. The first-order valence-electron chi connectivity index (χ1n) is 7.25. The molecule has 1 unspecified atom stereocenters. The van der Waals surface area contributed by atoms with Crippen LogP contribution in [-0.2, 0) is 0 Å². The number of para-hydroxylation sites is 1. The molecule has 0 amide bonds. The van der Waals surface area contributed by atoms with Crippen molar-refractivity contribution < 1.29 is 0 Å². The Balaban J connectivity index is 2.06. The second-order valence-electron chi connectivity index (χ2n) is 5.24. The third kappa shape index (κ3) is 2.97. The van der Waals surface area contributed by atoms with Crippen LogP contribution in [0.4, 0.5) is 0 Å². The summed E-state index contributed by atoms with van der Waals surface area (Å²) in [5.41, 5.74) is 2.51. The lowest BCUT2D eigenvalue weighted by atomic mass is 10.0. The van der Waals surface area contributed by atoms with Gasteiger partial charge in [-0.05, 0) is 55.2 Å². The van der Waals surface area contributed by atoms with E-state index in [0.29, 0.717) is 0 Å². The molecule has 1 N–H and O–H groups in total. The molecule has 2 nitrogen and oxygen atoms in total. The number of halogens is 1. The molecule has 0 aliphatic carbocycles. The minimum Gasteiger partial charge on any atom is -0.340 e. The molecule has 21 heavy (non-hydrogen) atoms. The lowest BCUT2D eigenvalue weighted by molar-refractivity contribution is 0.539. The fraction of sp³-hybridized carbons (Fsp3) is 0.222. The third-order valence-electron chi connectivity index (χ3n) is 3.87. The van der Waals surface area contributed by atoms with Gasteiger partial charge in [0, 0.05) is 16.7 Å². The average Bonchev–Trinajstić information content (AvgIpc) is 2.92. The summed E-state index contributed by atoms with van der Waals surface area (Å²) in [6.45, 7) is 0.962. The number of fused-ring (bicyclic) bond motifs is 1. The molecule has 0 aliphatic rings. The van der Waals surface area contributed by atoms with Crippen molar-refractivity contribution in [1.29, 1.82) is 0 Å². The lowest BCUT2D eigenvalue weighted by Gasteiger charge is -2.21. The molecule has 3 rings (SSSR count). The van der Waals surface area contributed by atoms with Gasteiger partial charge in [0.05, 0.1) is 6.04 Å². The Morgan fingerprint density at radius 1 is 1.10 bits per heavy atom. The molecule has 0 bridgehead atoms. The van der Waals surface area contributed by atoms with Crippen molar-refractivity contribution in [3.8, 4) is 0 Å². The fourth-order valence-corrected chi connectivity index (χ4v) is 3.04. The van der Waals surface area contributed by atoms with E-state index in [0.717, 1.165) is 18.0 Å². The van der Waals surface area contributed by atoms with Crippen molar-refractivity contribution in [3.63, 3.8) is 0 Å². The first-order chi connectivity index (χ1) is 10.3. The van der Waals surface area contributed by atoms with Gasteiger partial charge < -0.3 is 9.88 Å². The van der Waals surface area contributed by atoms with E-state index in [-0.39, 0.29) is 6.04 Å². The summed E-state index contributed by atoms with van der Waals surface area (Å²) in [5, 5.41) is 5.31. The maximum atomic E-state index is 6.18. The molecule has 3 aromatic rings. The predicted molar refractivity (Wildman–Crippen MR) is 90.1 cm³/mol. The summed E-state index contributed by atoms with van der Waals surface area (Å²) in [7, 11) is 1.99. The van der Waals surface area contributed by atoms with Gasteiger partial charge in [-0.15, -0.1) is 0 Å². The number of hydrogen-bond donors (Lipinski definition) is 1. The maximum absolute atomic E-state index is 6.18. The van der Waals surface area contributed by atoms with Gasteiger partial charge in [0.2, 0.25) is 0 Å². The number of hydrogen-bond acceptors (Lipinski definition) is 1. The molecule has 0 aliphatic heterocycles. The van der Waals surface area contributed by atoms with E-state index in [9.17, 15) is 0 Å². The highest BCUT2D eigenvalue weighted by atomic mass is 35.5. The predicted octanol–water partition coefficient (Wildman–Crippen LogP) is 4.49. The van der Waals surface area contributed by atoms with E-state index < -0.39 is 0 Å². The topological polar surface area (TPSA) is 17.0 Å². The van der Waals surface area contributed by atoms with E-state index in [1.54, 1.807) is 0 Å². The van der Waals surface area contributed by atoms with Crippen molar-refractivity contribution in [2.45, 2.75) is 12.5 Å². The van der Waals surface area contributed by atoms with Gasteiger partial charge in [-0.1, -0.05) is 41.9 Å². The molecule has 0 fully saturated rings. The molecule has 0 saturated heterocycles. The van der Waals surface area contributed by atoms with Crippen LogP contribution in [0.2, 0.25) is 5.02 Å². The van der Waals surface area contributed by atoms with Gasteiger partial charge in [-0.2, -0.15) is 0 Å². The minimum atomic E-state index is 0.288. The molecule has 0 spiro atoms. The summed E-state index contributed by atoms with van der Waals surface area (Å²) >= 11 is 6.18. The zero-order chi connectivity index (χ0) is 14.7. The summed E-state index contributed by atoms with van der Waals surface area (Å²) in [6.07, 6.45) is 3.20. The minimum absolute atomic E-state index is 0.288. The Hall–Kier alpha value is -1.77. The first kappa shape index (κ1) is 14.2. The lowest BCUT2D eigenvalue weighted by Crippen LogP contribution is -2.17. The van der Waals surface area contributed by atoms with Crippen molar-refractivity contribution in [1.82, 2.24) is 9.88 Å². The highest BCUT2D eigenvalue weighted by Gasteiger charge is 2.15. The molecule has 1 atom stereocenters. The third-order valence-corrected chi connectivity index (χ3v) is 4.10. The number of benzene rings is 2. The first-order valence-corrected chi connectivity index (χ1v) is 7.63. The summed E-state index contributed by atoms with van der Waals surface area (Å²) in [4.78, 5) is 0. The quantitative estimate of drug-likeness (QED) is 0.734. The largest absolute Gasteiger partial charge is 0.340 e. The van der Waals surface area contributed by atoms with Gasteiger partial charge in [0.15, 0.2) is 0 Å². The van der Waals surface area contributed by atoms with Crippen LogP contribution in [-0.4, -0.2) is 18.2 Å². The monoisotopic (exact) mass is 298 g/mol. The molecular weight excluding hydrogens is 280 g/mol. The van der Waals surface area contributed by atoms with E-state index in [1.807, 2.05) is 19.2 Å². The molecule has 0 radical (unpaired) electrons. The number of rotatable bonds is 5. The van der Waals surface area contributed by atoms with E-state index in [4.69, 9.17) is 11.6 Å². The van der Waals surface area contributed by atoms with Crippen LogP contribution in [0, 0.1) is 0 Å². The molecular formula is C18H19ClN2. The summed E-state index contributed by atoms with van der Waals surface area (Å²) < 4.78 is 2.35. The molecule has 0 saturated carbocycles. The van der Waals surface area contributed by atoms with Crippen LogP contribution in [0.1, 0.15) is 18.0 Å². The van der Waals surface area contributed by atoms with Gasteiger partial charge in [-0.25, -0.2) is 0 Å². The summed E-state index contributed by atoms with van der Waals surface area (Å²) in [5.74, 6) is 0. The van der Waals surface area contributed by atoms with E-state index in [2.05, 4.69) is 58.5 Å². The number of aromatic nitrogens is 1. The molecule has 1 heterocycles. The van der Waals surface area contributed by atoms with Crippen molar-refractivity contribution >= 4 is 22.5 Å². The van der Waals surface area contributed by atoms with Crippen LogP contribution in [0.25, 0.3) is 10.9 Å². The van der Waals surface area contributed by atoms with E-state index in [1.165, 1.54) is 16.5 Å². The second-order valence-corrected chi connectivity index (χ2v) is 5.68. The maximum Gasteiger partial charge on any atom is 0.0598 e. The molecule has 3 heteroatoms. The molecule has 1 aromatic heterocycles. The van der Waals surface area contributed by atoms with Crippen molar-refractivity contribution in [2.24, 2.45) is 0 Å². The number of nitrogens with one attached hydrogen (secondary N) is 1. The molecule has 2 aromatic carbocycles. The fourth-order valence-electron chi connectivity index (χ4n) is 2.84. The highest BCUT2D eigenvalue weighted by Crippen LogP contribution is 2.28. The van der Waals surface area contributed by atoms with Crippen molar-refractivity contribution in [3.05, 3.63) is 71.4 Å². The second kappa shape index (κ2) is 6.33. The summed E-state index contributed by atoms with van der Waals surface area (Å²) in [6, 6.07) is 19.1. The Kier molecular flexibility index (Phi) is 4.28. The van der Waals surface area contributed by atoms with Crippen molar-refractivity contribution in [2.75, 3.05) is 13.6 Å². The van der Waals surface area contributed by atoms with Crippen LogP contribution in [0.15, 0.2) is 60.8 Å². The number of nitrogens with zero attached hydrogens (tertiary/aromatic N) is 1. The Morgan fingerprint density at radius 2 is 1.95 bits per heavy atom. The van der Waals surface area contributed by atoms with E-state index >= 15 is 0 Å². The van der Waals surface area contributed by atoms with Crippen LogP contribution in [0.3, 0.4) is 0 Å². The van der Waals surface area contributed by atoms with Gasteiger partial charge in [0.25, 0.3) is 0 Å². The Labute approximate surface area is 130 Å². The van der Waals surface area contributed by atoms with Gasteiger partial charge >= 0.3 is 0 Å². The highest BCUT2D eigenvalue weighted by molar-refractivity contribution is 6.30.